The summed E-state index contributed by atoms with van der Waals surface area (Å²) in [6, 6.07) is 6.02. The molecule has 0 amide bonds. The van der Waals surface area contributed by atoms with E-state index in [0.29, 0.717) is 0 Å². The van der Waals surface area contributed by atoms with Gasteiger partial charge in [-0.15, -0.1) is 0 Å². The lowest BCUT2D eigenvalue weighted by Crippen LogP contribution is -2.36. The van der Waals surface area contributed by atoms with Gasteiger partial charge in [-0.25, -0.2) is 0 Å². The second-order valence-corrected chi connectivity index (χ2v) is 3.38. The summed E-state index contributed by atoms with van der Waals surface area (Å²) in [7, 11) is 0. The van der Waals surface area contributed by atoms with Gasteiger partial charge in [0.25, 0.3) is 0 Å². The molecule has 1 aromatic heterocycles. The van der Waals surface area contributed by atoms with E-state index in [0.717, 1.165) is 36.5 Å². The van der Waals surface area contributed by atoms with Crippen LogP contribution in [-0.4, -0.2) is 10.3 Å². The van der Waals surface area contributed by atoms with Crippen LogP contribution in [0.3, 0.4) is 0 Å². The van der Waals surface area contributed by atoms with Gasteiger partial charge in [0.15, 0.2) is 6.20 Å². The van der Waals surface area contributed by atoms with E-state index in [4.69, 9.17) is 4.55 Å². The van der Waals surface area contributed by atoms with Gasteiger partial charge < -0.3 is 4.55 Å². The maximum absolute atomic E-state index is 8.56. The summed E-state index contributed by atoms with van der Waals surface area (Å²) in [5, 5.41) is 0. The van der Waals surface area contributed by atoms with Crippen molar-refractivity contribution in [3.8, 4) is 0 Å². The van der Waals surface area contributed by atoms with Gasteiger partial charge in [-0.1, -0.05) is 6.58 Å². The molecule has 0 aliphatic carbocycles. The predicted molar refractivity (Wildman–Crippen MR) is 56.4 cm³/mol. The monoisotopic (exact) mass is 196 g/mol. The van der Waals surface area contributed by atoms with Gasteiger partial charge in [-0.3, -0.25) is 0 Å². The molecule has 0 unspecified atom stereocenters. The largest absolute Gasteiger partial charge is 0.330 e. The van der Waals surface area contributed by atoms with Crippen LogP contribution in [0, 0.1) is 0 Å². The van der Waals surface area contributed by atoms with Crippen LogP contribution in [0.1, 0.15) is 12.1 Å². The van der Waals surface area contributed by atoms with Crippen LogP contribution in [0.15, 0.2) is 31.0 Å². The quantitative estimate of drug-likeness (QED) is 0.443. The molecule has 1 N–H and O–H groups in total. The minimum absolute atomic E-state index is 0.776. The first-order chi connectivity index (χ1) is 6.38. The Labute approximate surface area is 83.1 Å². The molecule has 0 radical (unpaired) electrons. The first-order valence-corrected chi connectivity index (χ1v) is 5.20. The smallest absolute Gasteiger partial charge is 0.204 e. The summed E-state index contributed by atoms with van der Waals surface area (Å²) in [5.74, 6) is 0.776. The van der Waals surface area contributed by atoms with Crippen molar-refractivity contribution in [2.24, 2.45) is 0 Å². The molecule has 70 valence electrons. The minimum atomic E-state index is 0.776. The second-order valence-electron chi connectivity index (χ2n) is 2.71. The number of hydrogen-bond donors (Lipinski definition) is 1. The third kappa shape index (κ3) is 3.20. The van der Waals surface area contributed by atoms with Crippen LogP contribution in [-0.2, 0) is 6.54 Å². The molecule has 0 aliphatic rings. The zero-order valence-corrected chi connectivity index (χ0v) is 8.33. The average molecular weight is 196 g/mol. The summed E-state index contributed by atoms with van der Waals surface area (Å²) < 4.78 is 10.7. The molecule has 0 aliphatic heterocycles. The van der Waals surface area contributed by atoms with Crippen molar-refractivity contribution in [1.29, 1.82) is 0 Å². The minimum Gasteiger partial charge on any atom is -0.330 e. The Morgan fingerprint density at radius 2 is 2.38 bits per heavy atom. The molecule has 1 aromatic rings. The highest BCUT2D eigenvalue weighted by molar-refractivity contribution is 7.93. The Morgan fingerprint density at radius 1 is 1.54 bits per heavy atom. The van der Waals surface area contributed by atoms with E-state index in [1.165, 1.54) is 0 Å². The van der Waals surface area contributed by atoms with Gasteiger partial charge in [0, 0.05) is 30.4 Å². The molecular weight excluding hydrogens is 182 g/mol. The highest BCUT2D eigenvalue weighted by Gasteiger charge is 2.04. The van der Waals surface area contributed by atoms with Crippen LogP contribution in [0.4, 0.5) is 0 Å². The van der Waals surface area contributed by atoms with Crippen molar-refractivity contribution in [2.45, 2.75) is 13.0 Å². The Bertz CT molecular complexity index is 275. The lowest BCUT2D eigenvalue weighted by molar-refractivity contribution is -0.698. The van der Waals surface area contributed by atoms with Crippen LogP contribution < -0.4 is 4.57 Å². The van der Waals surface area contributed by atoms with Crippen molar-refractivity contribution >= 4 is 18.1 Å². The summed E-state index contributed by atoms with van der Waals surface area (Å²) in [6.45, 7) is 4.67. The van der Waals surface area contributed by atoms with Crippen molar-refractivity contribution in [2.75, 3.05) is 5.75 Å². The number of rotatable bonds is 5. The molecule has 0 aromatic carbocycles. The van der Waals surface area contributed by atoms with Crippen LogP contribution in [0.5, 0.6) is 0 Å². The van der Waals surface area contributed by atoms with Crippen molar-refractivity contribution in [1.82, 2.24) is 0 Å². The first-order valence-electron chi connectivity index (χ1n) is 4.25. The van der Waals surface area contributed by atoms with E-state index < -0.39 is 0 Å². The number of pyridine rings is 1. The van der Waals surface area contributed by atoms with Gasteiger partial charge in [-0.2, -0.15) is 4.57 Å². The molecule has 0 atom stereocenters. The van der Waals surface area contributed by atoms with Gasteiger partial charge in [-0.05, 0) is 18.1 Å². The van der Waals surface area contributed by atoms with E-state index >= 15 is 0 Å². The lowest BCUT2D eigenvalue weighted by Gasteiger charge is -1.98. The fourth-order valence-electron chi connectivity index (χ4n) is 1.18. The summed E-state index contributed by atoms with van der Waals surface area (Å²) in [4.78, 5) is 0. The molecule has 1 heterocycles. The normalized spacial score (nSPS) is 9.92. The van der Waals surface area contributed by atoms with Gasteiger partial charge >= 0.3 is 0 Å². The molecule has 0 fully saturated rings. The fourth-order valence-corrected chi connectivity index (χ4v) is 1.44. The highest BCUT2D eigenvalue weighted by atomic mass is 32.2. The van der Waals surface area contributed by atoms with Crippen LogP contribution >= 0.6 is 12.0 Å². The van der Waals surface area contributed by atoms with Crippen LogP contribution in [0.2, 0.25) is 0 Å². The number of aromatic nitrogens is 1. The van der Waals surface area contributed by atoms with E-state index in [9.17, 15) is 0 Å². The standard InChI is InChI=1S/C10H13NOS/c1-2-10-6-3-4-7-11(10)8-5-9-13-12/h2-4,6-7H,1,5,8-9H2/p+1. The highest BCUT2D eigenvalue weighted by Crippen LogP contribution is 1.97. The maximum Gasteiger partial charge on any atom is 0.204 e. The molecule has 0 saturated carbocycles. The number of aryl methyl sites for hydroxylation is 1. The third-order valence-corrected chi connectivity index (χ3v) is 2.29. The molecule has 0 bridgehead atoms. The van der Waals surface area contributed by atoms with Crippen LogP contribution in [0.25, 0.3) is 6.08 Å². The average Bonchev–Trinajstić information content (AvgIpc) is 2.19. The predicted octanol–water partition coefficient (Wildman–Crippen LogP) is 2.21. The summed E-state index contributed by atoms with van der Waals surface area (Å²) in [5.41, 5.74) is 1.12. The Balaban J connectivity index is 2.59. The van der Waals surface area contributed by atoms with Gasteiger partial charge in [0.2, 0.25) is 5.69 Å². The third-order valence-electron chi connectivity index (χ3n) is 1.82. The maximum atomic E-state index is 8.56. The Kier molecular flexibility index (Phi) is 4.57. The summed E-state index contributed by atoms with van der Waals surface area (Å²) in [6.07, 6.45) is 4.84. The SMILES string of the molecule is C=Cc1cccc[n+]1CCCSO. The fraction of sp³-hybridized carbons (Fsp3) is 0.300. The zero-order valence-electron chi connectivity index (χ0n) is 7.52. The Morgan fingerprint density at radius 3 is 3.08 bits per heavy atom. The van der Waals surface area contributed by atoms with Crippen molar-refractivity contribution < 1.29 is 9.12 Å². The molecule has 0 saturated heterocycles. The molecule has 3 heteroatoms. The van der Waals surface area contributed by atoms with E-state index in [2.05, 4.69) is 11.1 Å². The number of hydrogen-bond acceptors (Lipinski definition) is 2. The van der Waals surface area contributed by atoms with Crippen molar-refractivity contribution in [3.63, 3.8) is 0 Å². The van der Waals surface area contributed by atoms with Gasteiger partial charge in [0.1, 0.15) is 6.54 Å². The summed E-state index contributed by atoms with van der Waals surface area (Å²) >= 11 is 0.895. The van der Waals surface area contributed by atoms with Crippen molar-refractivity contribution in [3.05, 3.63) is 36.7 Å². The molecular formula is C10H14NOS+. The number of nitrogens with zero attached hydrogens (tertiary/aromatic N) is 1. The lowest BCUT2D eigenvalue weighted by atomic mass is 10.3. The Hall–Kier alpha value is -0.800. The second kappa shape index (κ2) is 5.78. The molecule has 13 heavy (non-hydrogen) atoms. The molecule has 0 spiro atoms. The molecule has 2 nitrogen and oxygen atoms in total. The van der Waals surface area contributed by atoms with Gasteiger partial charge in [0.05, 0.1) is 0 Å². The molecule has 1 rings (SSSR count). The topological polar surface area (TPSA) is 24.1 Å². The zero-order chi connectivity index (χ0) is 9.52. The van der Waals surface area contributed by atoms with E-state index in [-0.39, 0.29) is 0 Å². The van der Waals surface area contributed by atoms with E-state index in [1.807, 2.05) is 30.5 Å². The first kappa shape index (κ1) is 10.3. The van der Waals surface area contributed by atoms with E-state index in [1.54, 1.807) is 0 Å².